The number of ether oxygens (including phenoxy) is 1. The lowest BCUT2D eigenvalue weighted by Gasteiger charge is -2.05. The van der Waals surface area contributed by atoms with Gasteiger partial charge in [0.2, 0.25) is 0 Å². The van der Waals surface area contributed by atoms with E-state index in [1.54, 1.807) is 4.68 Å². The molecule has 5 nitrogen and oxygen atoms in total. The molecular formula is C13H15N3O2. The van der Waals surface area contributed by atoms with Gasteiger partial charge in [0.15, 0.2) is 0 Å². The highest BCUT2D eigenvalue weighted by molar-refractivity contribution is 5.62. The first-order valence-corrected chi connectivity index (χ1v) is 5.77. The van der Waals surface area contributed by atoms with Gasteiger partial charge in [-0.05, 0) is 19.4 Å². The van der Waals surface area contributed by atoms with Crippen molar-refractivity contribution in [1.82, 2.24) is 15.0 Å². The molecule has 0 aliphatic rings. The van der Waals surface area contributed by atoms with Crippen molar-refractivity contribution < 1.29 is 9.53 Å². The first-order valence-electron chi connectivity index (χ1n) is 5.77. The topological polar surface area (TPSA) is 57.0 Å². The van der Waals surface area contributed by atoms with E-state index >= 15 is 0 Å². The van der Waals surface area contributed by atoms with Crippen LogP contribution >= 0.6 is 0 Å². The summed E-state index contributed by atoms with van der Waals surface area (Å²) >= 11 is 0. The Balaban J connectivity index is 2.33. The third-order valence-corrected chi connectivity index (χ3v) is 2.64. The van der Waals surface area contributed by atoms with Gasteiger partial charge in [-0.1, -0.05) is 29.5 Å². The monoisotopic (exact) mass is 245 g/mol. The van der Waals surface area contributed by atoms with Crippen LogP contribution in [0.2, 0.25) is 0 Å². The summed E-state index contributed by atoms with van der Waals surface area (Å²) in [5.41, 5.74) is 2.64. The minimum absolute atomic E-state index is 0.244. The summed E-state index contributed by atoms with van der Waals surface area (Å²) in [5.74, 6) is 0. The van der Waals surface area contributed by atoms with Crippen molar-refractivity contribution in [2.24, 2.45) is 0 Å². The van der Waals surface area contributed by atoms with Crippen LogP contribution in [-0.2, 0) is 16.1 Å². The van der Waals surface area contributed by atoms with Crippen molar-refractivity contribution in [3.05, 3.63) is 36.0 Å². The fourth-order valence-electron chi connectivity index (χ4n) is 1.67. The van der Waals surface area contributed by atoms with Crippen LogP contribution in [0.1, 0.15) is 25.5 Å². The van der Waals surface area contributed by atoms with Gasteiger partial charge in [0.1, 0.15) is 12.3 Å². The zero-order chi connectivity index (χ0) is 13.0. The van der Waals surface area contributed by atoms with Gasteiger partial charge in [0.05, 0.1) is 6.20 Å². The molecule has 18 heavy (non-hydrogen) atoms. The molecule has 0 radical (unpaired) electrons. The molecule has 0 saturated carbocycles. The molecule has 94 valence electrons. The average Bonchev–Trinajstić information content (AvgIpc) is 2.86. The van der Waals surface area contributed by atoms with Crippen molar-refractivity contribution in [2.45, 2.75) is 26.5 Å². The van der Waals surface area contributed by atoms with Gasteiger partial charge in [-0.3, -0.25) is 4.79 Å². The second-order valence-corrected chi connectivity index (χ2v) is 4.24. The van der Waals surface area contributed by atoms with Gasteiger partial charge in [-0.15, -0.1) is 5.10 Å². The number of carbonyl (C=O) groups excluding carboxylic acids is 1. The number of carbonyl (C=O) groups is 1. The molecule has 2 rings (SSSR count). The lowest BCUT2D eigenvalue weighted by Crippen LogP contribution is -2.00. The first-order chi connectivity index (χ1) is 8.72. The van der Waals surface area contributed by atoms with Gasteiger partial charge in [-0.25, -0.2) is 4.68 Å². The van der Waals surface area contributed by atoms with Gasteiger partial charge in [-0.2, -0.15) is 0 Å². The smallest absolute Gasteiger partial charge is 0.293 e. The fraction of sp³-hybridized carbons (Fsp3) is 0.308. The lowest BCUT2D eigenvalue weighted by atomic mass is 10.1. The Labute approximate surface area is 105 Å². The number of rotatable bonds is 5. The van der Waals surface area contributed by atoms with Crippen molar-refractivity contribution in [3.8, 4) is 11.3 Å². The number of hydrogen-bond acceptors (Lipinski definition) is 4. The van der Waals surface area contributed by atoms with Gasteiger partial charge in [0.25, 0.3) is 6.47 Å². The molecule has 0 bridgehead atoms. The standard InChI is InChI=1S/C13H15N3O2/c1-10(2)16-7-13(14-15-16)12-6-4-3-5-11(12)8-18-9-17/h3-7,9-10H,8H2,1-2H3. The molecule has 0 fully saturated rings. The van der Waals surface area contributed by atoms with E-state index in [1.807, 2.05) is 44.3 Å². The molecule has 0 N–H and O–H groups in total. The average molecular weight is 245 g/mol. The summed E-state index contributed by atoms with van der Waals surface area (Å²) in [4.78, 5) is 10.3. The van der Waals surface area contributed by atoms with Crippen LogP contribution in [0, 0.1) is 0 Å². The molecular weight excluding hydrogens is 230 g/mol. The maximum absolute atomic E-state index is 10.3. The highest BCUT2D eigenvalue weighted by atomic mass is 16.5. The lowest BCUT2D eigenvalue weighted by molar-refractivity contribution is -0.129. The molecule has 1 aromatic heterocycles. The van der Waals surface area contributed by atoms with Crippen LogP contribution in [0.15, 0.2) is 30.5 Å². The number of nitrogens with zero attached hydrogens (tertiary/aromatic N) is 3. The third-order valence-electron chi connectivity index (χ3n) is 2.64. The van der Waals surface area contributed by atoms with E-state index in [9.17, 15) is 4.79 Å². The number of aromatic nitrogens is 3. The molecule has 1 heterocycles. The van der Waals surface area contributed by atoms with Crippen molar-refractivity contribution in [3.63, 3.8) is 0 Å². The van der Waals surface area contributed by atoms with Gasteiger partial charge >= 0.3 is 0 Å². The quantitative estimate of drug-likeness (QED) is 0.758. The molecule has 0 amide bonds. The Morgan fingerprint density at radius 3 is 2.83 bits per heavy atom. The van der Waals surface area contributed by atoms with E-state index in [2.05, 4.69) is 10.3 Å². The maximum atomic E-state index is 10.3. The summed E-state index contributed by atoms with van der Waals surface area (Å²) < 4.78 is 6.60. The highest BCUT2D eigenvalue weighted by Crippen LogP contribution is 2.22. The van der Waals surface area contributed by atoms with E-state index in [4.69, 9.17) is 4.74 Å². The molecule has 0 aliphatic carbocycles. The number of hydrogen-bond donors (Lipinski definition) is 0. The van der Waals surface area contributed by atoms with E-state index in [-0.39, 0.29) is 12.6 Å². The van der Waals surface area contributed by atoms with Gasteiger partial charge < -0.3 is 4.74 Å². The minimum atomic E-state index is 0.244. The number of benzene rings is 1. The first kappa shape index (κ1) is 12.3. The summed E-state index contributed by atoms with van der Waals surface area (Å²) in [5, 5.41) is 8.22. The highest BCUT2D eigenvalue weighted by Gasteiger charge is 2.10. The van der Waals surface area contributed by atoms with E-state index < -0.39 is 0 Å². The van der Waals surface area contributed by atoms with Crippen molar-refractivity contribution in [2.75, 3.05) is 0 Å². The Hall–Kier alpha value is -2.17. The molecule has 0 atom stereocenters. The Morgan fingerprint density at radius 1 is 1.39 bits per heavy atom. The second kappa shape index (κ2) is 5.44. The van der Waals surface area contributed by atoms with Crippen LogP contribution in [0.25, 0.3) is 11.3 Å². The Morgan fingerprint density at radius 2 is 2.17 bits per heavy atom. The van der Waals surface area contributed by atoms with Crippen LogP contribution in [0.5, 0.6) is 0 Å². The minimum Gasteiger partial charge on any atom is -0.463 e. The fourth-order valence-corrected chi connectivity index (χ4v) is 1.67. The molecule has 5 heteroatoms. The predicted octanol–water partition coefficient (Wildman–Crippen LogP) is 2.20. The van der Waals surface area contributed by atoms with Crippen molar-refractivity contribution in [1.29, 1.82) is 0 Å². The summed E-state index contributed by atoms with van der Waals surface area (Å²) in [6.45, 7) is 4.77. The summed E-state index contributed by atoms with van der Waals surface area (Å²) in [7, 11) is 0. The Kier molecular flexibility index (Phi) is 3.72. The SMILES string of the molecule is CC(C)n1cc(-c2ccccc2COC=O)nn1. The zero-order valence-electron chi connectivity index (χ0n) is 10.4. The molecule has 0 spiro atoms. The molecule has 0 saturated heterocycles. The largest absolute Gasteiger partial charge is 0.463 e. The molecule has 0 unspecified atom stereocenters. The Bertz CT molecular complexity index is 535. The molecule has 1 aromatic carbocycles. The normalized spacial score (nSPS) is 10.6. The third kappa shape index (κ3) is 2.56. The summed E-state index contributed by atoms with van der Waals surface area (Å²) in [6, 6.07) is 7.95. The van der Waals surface area contributed by atoms with Crippen molar-refractivity contribution >= 4 is 6.47 Å². The maximum Gasteiger partial charge on any atom is 0.293 e. The zero-order valence-corrected chi connectivity index (χ0v) is 10.4. The van der Waals surface area contributed by atoms with Crippen LogP contribution in [0.3, 0.4) is 0 Å². The summed E-state index contributed by atoms with van der Waals surface area (Å²) in [6.07, 6.45) is 1.89. The predicted molar refractivity (Wildman–Crippen MR) is 66.7 cm³/mol. The molecule has 2 aromatic rings. The van der Waals surface area contributed by atoms with E-state index in [0.29, 0.717) is 6.47 Å². The molecule has 0 aliphatic heterocycles. The van der Waals surface area contributed by atoms with Crippen LogP contribution in [0.4, 0.5) is 0 Å². The second-order valence-electron chi connectivity index (χ2n) is 4.24. The van der Waals surface area contributed by atoms with Crippen LogP contribution < -0.4 is 0 Å². The van der Waals surface area contributed by atoms with Crippen LogP contribution in [-0.4, -0.2) is 21.5 Å². The van der Waals surface area contributed by atoms with E-state index in [0.717, 1.165) is 16.8 Å². The van der Waals surface area contributed by atoms with Gasteiger partial charge in [0, 0.05) is 11.6 Å². The van der Waals surface area contributed by atoms with E-state index in [1.165, 1.54) is 0 Å².